The molecule has 0 aliphatic rings. The molecule has 0 fully saturated rings. The lowest BCUT2D eigenvalue weighted by atomic mass is 9.96. The molecule has 0 rings (SSSR count). The fourth-order valence-corrected chi connectivity index (χ4v) is 1.43. The van der Waals surface area contributed by atoms with Crippen LogP contribution >= 0.6 is 0 Å². The van der Waals surface area contributed by atoms with Gasteiger partial charge in [0, 0.05) is 19.1 Å². The first kappa shape index (κ1) is 14.3. The van der Waals surface area contributed by atoms with E-state index in [-0.39, 0.29) is 17.5 Å². The van der Waals surface area contributed by atoms with Crippen molar-refractivity contribution >= 4 is 6.03 Å². The lowest BCUT2D eigenvalue weighted by Gasteiger charge is -2.30. The Balaban J connectivity index is 4.31. The summed E-state index contributed by atoms with van der Waals surface area (Å²) < 4.78 is 0. The highest BCUT2D eigenvalue weighted by Gasteiger charge is 2.20. The first-order valence-electron chi connectivity index (χ1n) is 5.81. The molecule has 0 aromatic carbocycles. The van der Waals surface area contributed by atoms with Crippen LogP contribution in [0.4, 0.5) is 4.79 Å². The Kier molecular flexibility index (Phi) is 5.69. The van der Waals surface area contributed by atoms with Crippen LogP contribution in [0.3, 0.4) is 0 Å². The fourth-order valence-electron chi connectivity index (χ4n) is 1.43. The SMILES string of the molecule is CCCN(CC(C)(C)C)C(=O)NC(C)C. The molecule has 0 aliphatic heterocycles. The third kappa shape index (κ3) is 7.23. The number of urea groups is 1. The minimum atomic E-state index is 0.0572. The third-order valence-corrected chi connectivity index (χ3v) is 1.86. The average molecular weight is 214 g/mol. The standard InChI is InChI=1S/C12H26N2O/c1-7-8-14(9-12(4,5)6)11(15)13-10(2)3/h10H,7-9H2,1-6H3,(H,13,15). The van der Waals surface area contributed by atoms with Crippen LogP contribution in [0.15, 0.2) is 0 Å². The van der Waals surface area contributed by atoms with Gasteiger partial charge in [0.25, 0.3) is 0 Å². The van der Waals surface area contributed by atoms with Crippen molar-refractivity contribution in [1.29, 1.82) is 0 Å². The number of rotatable bonds is 4. The van der Waals surface area contributed by atoms with E-state index in [0.717, 1.165) is 19.5 Å². The van der Waals surface area contributed by atoms with Crippen LogP contribution in [0.2, 0.25) is 0 Å². The molecule has 0 bridgehead atoms. The Bertz CT molecular complexity index is 194. The summed E-state index contributed by atoms with van der Waals surface area (Å²) >= 11 is 0. The molecule has 1 N–H and O–H groups in total. The van der Waals surface area contributed by atoms with Crippen LogP contribution in [0.1, 0.15) is 48.0 Å². The van der Waals surface area contributed by atoms with Crippen molar-refractivity contribution in [1.82, 2.24) is 10.2 Å². The van der Waals surface area contributed by atoms with Crippen molar-refractivity contribution in [2.75, 3.05) is 13.1 Å². The van der Waals surface area contributed by atoms with Crippen LogP contribution in [-0.2, 0) is 0 Å². The highest BCUT2D eigenvalue weighted by molar-refractivity contribution is 5.74. The van der Waals surface area contributed by atoms with E-state index in [1.807, 2.05) is 18.7 Å². The Morgan fingerprint density at radius 1 is 1.33 bits per heavy atom. The first-order chi connectivity index (χ1) is 6.76. The number of amides is 2. The van der Waals surface area contributed by atoms with Gasteiger partial charge in [0.05, 0.1) is 0 Å². The Hall–Kier alpha value is -0.730. The normalized spacial score (nSPS) is 11.7. The third-order valence-electron chi connectivity index (χ3n) is 1.86. The van der Waals surface area contributed by atoms with E-state index in [9.17, 15) is 4.79 Å². The summed E-state index contributed by atoms with van der Waals surface area (Å²) in [6.07, 6.45) is 1.00. The van der Waals surface area contributed by atoms with Gasteiger partial charge in [-0.2, -0.15) is 0 Å². The van der Waals surface area contributed by atoms with Gasteiger partial charge in [-0.05, 0) is 25.7 Å². The van der Waals surface area contributed by atoms with Gasteiger partial charge >= 0.3 is 6.03 Å². The molecule has 0 spiro atoms. The predicted molar refractivity (Wildman–Crippen MR) is 65.0 cm³/mol. The van der Waals surface area contributed by atoms with Crippen LogP contribution in [0.25, 0.3) is 0 Å². The summed E-state index contributed by atoms with van der Waals surface area (Å²) in [6.45, 7) is 14.2. The second-order valence-corrected chi connectivity index (χ2v) is 5.59. The van der Waals surface area contributed by atoms with E-state index in [0.29, 0.717) is 0 Å². The molecule has 0 radical (unpaired) electrons. The molecular weight excluding hydrogens is 188 g/mol. The fraction of sp³-hybridized carbons (Fsp3) is 0.917. The molecule has 0 aromatic heterocycles. The molecule has 3 nitrogen and oxygen atoms in total. The van der Waals surface area contributed by atoms with Crippen LogP contribution < -0.4 is 5.32 Å². The van der Waals surface area contributed by atoms with Crippen LogP contribution in [-0.4, -0.2) is 30.1 Å². The largest absolute Gasteiger partial charge is 0.336 e. The number of nitrogens with zero attached hydrogens (tertiary/aromatic N) is 1. The number of hydrogen-bond donors (Lipinski definition) is 1. The van der Waals surface area contributed by atoms with Gasteiger partial charge in [0.1, 0.15) is 0 Å². The second kappa shape index (κ2) is 5.99. The van der Waals surface area contributed by atoms with E-state index in [2.05, 4.69) is 33.0 Å². The Morgan fingerprint density at radius 3 is 2.20 bits per heavy atom. The van der Waals surface area contributed by atoms with Gasteiger partial charge in [-0.25, -0.2) is 4.79 Å². The van der Waals surface area contributed by atoms with E-state index >= 15 is 0 Å². The summed E-state index contributed by atoms with van der Waals surface area (Å²) in [5, 5.41) is 2.94. The summed E-state index contributed by atoms with van der Waals surface area (Å²) in [4.78, 5) is 13.7. The zero-order chi connectivity index (χ0) is 12.1. The number of hydrogen-bond acceptors (Lipinski definition) is 1. The Morgan fingerprint density at radius 2 is 1.87 bits per heavy atom. The van der Waals surface area contributed by atoms with E-state index in [1.54, 1.807) is 0 Å². The maximum atomic E-state index is 11.8. The number of carbonyl (C=O) groups excluding carboxylic acids is 1. The van der Waals surface area contributed by atoms with Crippen molar-refractivity contribution in [2.45, 2.75) is 54.0 Å². The second-order valence-electron chi connectivity index (χ2n) is 5.59. The summed E-state index contributed by atoms with van der Waals surface area (Å²) in [5.41, 5.74) is 0.156. The lowest BCUT2D eigenvalue weighted by molar-refractivity contribution is 0.171. The highest BCUT2D eigenvalue weighted by atomic mass is 16.2. The molecule has 0 unspecified atom stereocenters. The molecular formula is C12H26N2O. The summed E-state index contributed by atoms with van der Waals surface area (Å²) in [7, 11) is 0. The summed E-state index contributed by atoms with van der Waals surface area (Å²) in [5.74, 6) is 0. The van der Waals surface area contributed by atoms with Gasteiger partial charge in [-0.3, -0.25) is 0 Å². The molecule has 0 aromatic rings. The lowest BCUT2D eigenvalue weighted by Crippen LogP contribution is -2.46. The van der Waals surface area contributed by atoms with Crippen molar-refractivity contribution in [2.24, 2.45) is 5.41 Å². The smallest absolute Gasteiger partial charge is 0.317 e. The molecule has 90 valence electrons. The van der Waals surface area contributed by atoms with Gasteiger partial charge in [0.2, 0.25) is 0 Å². The summed E-state index contributed by atoms with van der Waals surface area (Å²) in [6, 6.07) is 0.263. The van der Waals surface area contributed by atoms with Crippen molar-refractivity contribution in [3.8, 4) is 0 Å². The molecule has 2 amide bonds. The maximum absolute atomic E-state index is 11.8. The van der Waals surface area contributed by atoms with Gasteiger partial charge in [-0.15, -0.1) is 0 Å². The monoisotopic (exact) mass is 214 g/mol. The predicted octanol–water partition coefficient (Wildman–Crippen LogP) is 2.86. The number of carbonyl (C=O) groups is 1. The van der Waals surface area contributed by atoms with Gasteiger partial charge < -0.3 is 10.2 Å². The molecule has 0 atom stereocenters. The Labute approximate surface area is 94.2 Å². The maximum Gasteiger partial charge on any atom is 0.317 e. The minimum Gasteiger partial charge on any atom is -0.336 e. The first-order valence-corrected chi connectivity index (χ1v) is 5.81. The van der Waals surface area contributed by atoms with E-state index in [4.69, 9.17) is 0 Å². The zero-order valence-corrected chi connectivity index (χ0v) is 11.1. The molecule has 0 heterocycles. The van der Waals surface area contributed by atoms with Crippen molar-refractivity contribution in [3.05, 3.63) is 0 Å². The van der Waals surface area contributed by atoms with Crippen molar-refractivity contribution in [3.63, 3.8) is 0 Å². The van der Waals surface area contributed by atoms with Crippen molar-refractivity contribution < 1.29 is 4.79 Å². The zero-order valence-electron chi connectivity index (χ0n) is 11.1. The topological polar surface area (TPSA) is 32.3 Å². The van der Waals surface area contributed by atoms with Crippen LogP contribution in [0, 0.1) is 5.41 Å². The number of nitrogens with one attached hydrogen (secondary N) is 1. The van der Waals surface area contributed by atoms with E-state index in [1.165, 1.54) is 0 Å². The quantitative estimate of drug-likeness (QED) is 0.767. The van der Waals surface area contributed by atoms with Crippen LogP contribution in [0.5, 0.6) is 0 Å². The molecule has 3 heteroatoms. The minimum absolute atomic E-state index is 0.0572. The van der Waals surface area contributed by atoms with Gasteiger partial charge in [0.15, 0.2) is 0 Å². The molecule has 15 heavy (non-hydrogen) atoms. The van der Waals surface area contributed by atoms with E-state index < -0.39 is 0 Å². The van der Waals surface area contributed by atoms with Gasteiger partial charge in [-0.1, -0.05) is 27.7 Å². The molecule has 0 saturated heterocycles. The molecule has 0 aliphatic carbocycles. The highest BCUT2D eigenvalue weighted by Crippen LogP contribution is 2.15. The molecule has 0 saturated carbocycles. The average Bonchev–Trinajstić information content (AvgIpc) is 1.99.